The lowest BCUT2D eigenvalue weighted by molar-refractivity contribution is 0.0354. The van der Waals surface area contributed by atoms with Gasteiger partial charge in [-0.15, -0.1) is 15.7 Å². The lowest BCUT2D eigenvalue weighted by Gasteiger charge is -2.26. The van der Waals surface area contributed by atoms with Gasteiger partial charge in [0.1, 0.15) is 0 Å². The molecule has 0 saturated heterocycles. The number of alkyl halides is 2. The van der Waals surface area contributed by atoms with Crippen molar-refractivity contribution in [3.05, 3.63) is 104 Å². The van der Waals surface area contributed by atoms with E-state index in [-0.39, 0.29) is 33.9 Å². The summed E-state index contributed by atoms with van der Waals surface area (Å²) in [6, 6.07) is 18.3. The van der Waals surface area contributed by atoms with Crippen LogP contribution in [0.3, 0.4) is 0 Å². The Bertz CT molecular complexity index is 1800. The summed E-state index contributed by atoms with van der Waals surface area (Å²) in [6.45, 7) is 6.35. The molecule has 3 aromatic carbocycles. The molecule has 13 heteroatoms. The predicted molar refractivity (Wildman–Crippen MR) is 164 cm³/mol. The van der Waals surface area contributed by atoms with E-state index in [2.05, 4.69) is 20.3 Å². The molecule has 0 N–H and O–H groups in total. The lowest BCUT2D eigenvalue weighted by atomic mass is 10.1. The fourth-order valence-electron chi connectivity index (χ4n) is 4.20. The Morgan fingerprint density at radius 2 is 1.64 bits per heavy atom. The molecule has 0 radical (unpaired) electrons. The molecule has 1 heterocycles. The standard InChI is InChI=1S/C29H30BrF2N2O5PS2/c1-5-38-40(35,39-6-2)29(31,32)25-15-13-22(17-26(25)30)18-34-27(23-10-8-7-9-11-23)19-41-28(34)33-42(36,37)24-14-12-20(3)21(4)16-24/h7-17,19H,5-6,18H2,1-4H3. The molecule has 0 fully saturated rings. The molecule has 4 aromatic rings. The number of thiazole rings is 1. The van der Waals surface area contributed by atoms with E-state index in [9.17, 15) is 13.0 Å². The van der Waals surface area contributed by atoms with Crippen molar-refractivity contribution in [1.82, 2.24) is 4.57 Å². The minimum atomic E-state index is -4.81. The lowest BCUT2D eigenvalue weighted by Crippen LogP contribution is -2.20. The third kappa shape index (κ3) is 6.69. The third-order valence-corrected chi connectivity index (χ3v) is 11.5. The monoisotopic (exact) mass is 698 g/mol. The van der Waals surface area contributed by atoms with Gasteiger partial charge in [0.2, 0.25) is 4.80 Å². The summed E-state index contributed by atoms with van der Waals surface area (Å²) in [6.07, 6.45) is 0. The van der Waals surface area contributed by atoms with Crippen LogP contribution in [0, 0.1) is 13.8 Å². The molecular weight excluding hydrogens is 669 g/mol. The van der Waals surface area contributed by atoms with E-state index < -0.39 is 28.8 Å². The number of halogens is 3. The predicted octanol–water partition coefficient (Wildman–Crippen LogP) is 8.25. The van der Waals surface area contributed by atoms with Crippen LogP contribution in [0.25, 0.3) is 11.3 Å². The highest BCUT2D eigenvalue weighted by molar-refractivity contribution is 9.10. The van der Waals surface area contributed by atoms with Gasteiger partial charge in [0.15, 0.2) is 0 Å². The second kappa shape index (κ2) is 13.0. The van der Waals surface area contributed by atoms with Crippen LogP contribution in [0.4, 0.5) is 8.78 Å². The van der Waals surface area contributed by atoms with Crippen molar-refractivity contribution < 1.29 is 30.8 Å². The molecule has 224 valence electrons. The van der Waals surface area contributed by atoms with Gasteiger partial charge in [-0.2, -0.15) is 17.2 Å². The Hall–Kier alpha value is -2.47. The molecule has 42 heavy (non-hydrogen) atoms. The van der Waals surface area contributed by atoms with E-state index >= 15 is 8.78 Å². The van der Waals surface area contributed by atoms with Crippen molar-refractivity contribution >= 4 is 44.9 Å². The van der Waals surface area contributed by atoms with Crippen LogP contribution in [0.2, 0.25) is 0 Å². The van der Waals surface area contributed by atoms with Gasteiger partial charge in [-0.05, 0) is 68.1 Å². The fourth-order valence-corrected chi connectivity index (χ4v) is 8.80. The second-order valence-electron chi connectivity index (χ2n) is 9.36. The Morgan fingerprint density at radius 3 is 2.24 bits per heavy atom. The summed E-state index contributed by atoms with van der Waals surface area (Å²) in [4.78, 5) is 0.295. The number of aromatic nitrogens is 1. The smallest absolute Gasteiger partial charge is 0.311 e. The molecule has 0 bridgehead atoms. The van der Waals surface area contributed by atoms with Crippen LogP contribution in [0.5, 0.6) is 0 Å². The number of nitrogens with zero attached hydrogens (tertiary/aromatic N) is 2. The van der Waals surface area contributed by atoms with E-state index in [1.807, 2.05) is 49.6 Å². The number of sulfonamides is 1. The first kappa shape index (κ1) is 32.4. The molecule has 0 saturated carbocycles. The van der Waals surface area contributed by atoms with Crippen molar-refractivity contribution in [2.45, 2.75) is 44.8 Å². The van der Waals surface area contributed by atoms with Crippen LogP contribution < -0.4 is 4.80 Å². The number of benzene rings is 3. The highest BCUT2D eigenvalue weighted by Crippen LogP contribution is 2.67. The maximum absolute atomic E-state index is 15.5. The molecule has 0 aliphatic heterocycles. The van der Waals surface area contributed by atoms with Crippen molar-refractivity contribution in [3.63, 3.8) is 0 Å². The highest BCUT2D eigenvalue weighted by atomic mass is 79.9. The Labute approximate surface area is 256 Å². The number of hydrogen-bond acceptors (Lipinski definition) is 6. The first-order valence-electron chi connectivity index (χ1n) is 13.0. The van der Waals surface area contributed by atoms with Crippen molar-refractivity contribution in [3.8, 4) is 11.3 Å². The summed E-state index contributed by atoms with van der Waals surface area (Å²) < 4.78 is 86.3. The van der Waals surface area contributed by atoms with Gasteiger partial charge in [0.05, 0.1) is 30.3 Å². The van der Waals surface area contributed by atoms with Crippen LogP contribution in [0.1, 0.15) is 36.1 Å². The van der Waals surface area contributed by atoms with Crippen molar-refractivity contribution in [1.29, 1.82) is 0 Å². The molecule has 1 aromatic heterocycles. The molecule has 0 aliphatic rings. The van der Waals surface area contributed by atoms with E-state index in [0.717, 1.165) is 28.0 Å². The SMILES string of the molecule is CCOP(=O)(OCC)C(F)(F)c1ccc(Cn2c(-c3ccccc3)csc2=NS(=O)(=O)c2ccc(C)c(C)c2)cc1Br. The second-order valence-corrected chi connectivity index (χ2v) is 14.7. The van der Waals surface area contributed by atoms with Gasteiger partial charge in [-0.25, -0.2) is 0 Å². The molecule has 4 rings (SSSR count). The Balaban J connectivity index is 1.80. The van der Waals surface area contributed by atoms with Crippen molar-refractivity contribution in [2.24, 2.45) is 4.40 Å². The zero-order valence-corrected chi connectivity index (χ0v) is 27.5. The molecular formula is C29H30BrF2N2O5PS2. The minimum Gasteiger partial charge on any atom is -0.311 e. The average Bonchev–Trinajstić information content (AvgIpc) is 3.31. The minimum absolute atomic E-state index is 0.00274. The van der Waals surface area contributed by atoms with Gasteiger partial charge >= 0.3 is 13.3 Å². The van der Waals surface area contributed by atoms with Crippen LogP contribution in [0.15, 0.2) is 85.9 Å². The van der Waals surface area contributed by atoms with Gasteiger partial charge in [-0.3, -0.25) is 4.57 Å². The summed E-state index contributed by atoms with van der Waals surface area (Å²) >= 11 is 4.38. The number of hydrogen-bond donors (Lipinski definition) is 0. The highest BCUT2D eigenvalue weighted by Gasteiger charge is 2.55. The van der Waals surface area contributed by atoms with E-state index in [0.29, 0.717) is 11.3 Å². The summed E-state index contributed by atoms with van der Waals surface area (Å²) in [7, 11) is -8.86. The van der Waals surface area contributed by atoms with Gasteiger partial charge in [0.25, 0.3) is 10.0 Å². The molecule has 0 unspecified atom stereocenters. The maximum Gasteiger partial charge on any atom is 0.404 e. The summed E-state index contributed by atoms with van der Waals surface area (Å²) in [5, 5.41) is 1.81. The molecule has 0 spiro atoms. The van der Waals surface area contributed by atoms with E-state index in [1.165, 1.54) is 38.1 Å². The third-order valence-electron chi connectivity index (χ3n) is 6.48. The first-order valence-corrected chi connectivity index (χ1v) is 17.7. The number of rotatable bonds is 11. The maximum atomic E-state index is 15.5. The summed E-state index contributed by atoms with van der Waals surface area (Å²) in [5.74, 6) is 0. The molecule has 7 nitrogen and oxygen atoms in total. The normalized spacial score (nSPS) is 13.1. The number of aryl methyl sites for hydroxylation is 2. The molecule has 0 atom stereocenters. The first-order chi connectivity index (χ1) is 19.8. The van der Waals surface area contributed by atoms with Crippen molar-refractivity contribution in [2.75, 3.05) is 13.2 Å². The van der Waals surface area contributed by atoms with Gasteiger partial charge in [0, 0.05) is 15.4 Å². The zero-order chi connectivity index (χ0) is 30.7. The van der Waals surface area contributed by atoms with Gasteiger partial charge in [-0.1, -0.05) is 64.5 Å². The molecule has 0 aliphatic carbocycles. The van der Waals surface area contributed by atoms with Crippen LogP contribution >= 0.6 is 34.9 Å². The zero-order valence-electron chi connectivity index (χ0n) is 23.4. The van der Waals surface area contributed by atoms with Crippen LogP contribution in [-0.4, -0.2) is 26.2 Å². The Kier molecular flexibility index (Phi) is 10.1. The summed E-state index contributed by atoms with van der Waals surface area (Å²) in [5.41, 5.74) is -0.558. The van der Waals surface area contributed by atoms with Crippen LogP contribution in [-0.2, 0) is 35.8 Å². The average molecular weight is 700 g/mol. The quantitative estimate of drug-likeness (QED) is 0.147. The van der Waals surface area contributed by atoms with E-state index in [1.54, 1.807) is 16.7 Å². The fraction of sp³-hybridized carbons (Fsp3) is 0.276. The van der Waals surface area contributed by atoms with E-state index in [4.69, 9.17) is 9.05 Å². The largest absolute Gasteiger partial charge is 0.404 e. The van der Waals surface area contributed by atoms with Gasteiger partial charge < -0.3 is 13.6 Å². The topological polar surface area (TPSA) is 87.0 Å². The Morgan fingerprint density at radius 1 is 0.976 bits per heavy atom. The molecule has 0 amide bonds.